The van der Waals surface area contributed by atoms with Crippen LogP contribution in [-0.2, 0) is 4.79 Å². The minimum Gasteiger partial charge on any atom is -0.479 e. The zero-order chi connectivity index (χ0) is 16.5. The lowest BCUT2D eigenvalue weighted by Crippen LogP contribution is -2.42. The van der Waals surface area contributed by atoms with Gasteiger partial charge >= 0.3 is 5.97 Å². The van der Waals surface area contributed by atoms with E-state index in [9.17, 15) is 9.90 Å². The van der Waals surface area contributed by atoms with Gasteiger partial charge in [0.15, 0.2) is 6.10 Å². The highest BCUT2D eigenvalue weighted by molar-refractivity contribution is 5.82. The van der Waals surface area contributed by atoms with Crippen molar-refractivity contribution in [2.24, 2.45) is 0 Å². The first-order valence-corrected chi connectivity index (χ1v) is 7.73. The van der Waals surface area contributed by atoms with Gasteiger partial charge in [-0.1, -0.05) is 19.4 Å². The highest BCUT2D eigenvalue weighted by atomic mass is 16.5. The minimum absolute atomic E-state index is 0.0364. The van der Waals surface area contributed by atoms with E-state index in [1.165, 1.54) is 5.57 Å². The molecule has 1 atom stereocenters. The molecule has 2 rings (SSSR count). The standard InChI is InChI=1S/C18H25NO3/c1-6-7-16(17(20)21)22-13-8-9-15-14(10-13)12(2)11-18(3,4)19(15)5/h8-11,16H,6-7H2,1-5H3,(H,20,21). The van der Waals surface area contributed by atoms with Crippen LogP contribution in [0.25, 0.3) is 5.57 Å². The van der Waals surface area contributed by atoms with Crippen molar-refractivity contribution >= 4 is 17.2 Å². The summed E-state index contributed by atoms with van der Waals surface area (Å²) >= 11 is 0. The van der Waals surface area contributed by atoms with E-state index in [1.54, 1.807) is 0 Å². The van der Waals surface area contributed by atoms with E-state index in [0.29, 0.717) is 12.2 Å². The fourth-order valence-electron chi connectivity index (χ4n) is 2.87. The molecule has 22 heavy (non-hydrogen) atoms. The molecule has 0 radical (unpaired) electrons. The van der Waals surface area contributed by atoms with Crippen LogP contribution in [-0.4, -0.2) is 29.8 Å². The summed E-state index contributed by atoms with van der Waals surface area (Å²) in [4.78, 5) is 13.5. The molecule has 1 N–H and O–H groups in total. The second-order valence-corrected chi connectivity index (χ2v) is 6.45. The van der Waals surface area contributed by atoms with Crippen LogP contribution in [0.4, 0.5) is 5.69 Å². The third-order valence-corrected chi connectivity index (χ3v) is 4.29. The molecule has 1 unspecified atom stereocenters. The number of aliphatic carboxylic acids is 1. The van der Waals surface area contributed by atoms with Crippen molar-refractivity contribution in [3.8, 4) is 5.75 Å². The molecule has 4 nitrogen and oxygen atoms in total. The van der Waals surface area contributed by atoms with Gasteiger partial charge in [0.1, 0.15) is 5.75 Å². The fourth-order valence-corrected chi connectivity index (χ4v) is 2.87. The Bertz CT molecular complexity index is 604. The van der Waals surface area contributed by atoms with Crippen molar-refractivity contribution in [3.05, 3.63) is 29.8 Å². The van der Waals surface area contributed by atoms with E-state index >= 15 is 0 Å². The van der Waals surface area contributed by atoms with Gasteiger partial charge in [-0.05, 0) is 51.0 Å². The Morgan fingerprint density at radius 1 is 1.41 bits per heavy atom. The minimum atomic E-state index is -0.912. The number of nitrogens with zero attached hydrogens (tertiary/aromatic N) is 1. The number of ether oxygens (including phenoxy) is 1. The molecule has 0 spiro atoms. The monoisotopic (exact) mass is 303 g/mol. The quantitative estimate of drug-likeness (QED) is 0.895. The van der Waals surface area contributed by atoms with Gasteiger partial charge in [0.2, 0.25) is 0 Å². The zero-order valence-corrected chi connectivity index (χ0v) is 14.0. The van der Waals surface area contributed by atoms with E-state index in [4.69, 9.17) is 4.74 Å². The van der Waals surface area contributed by atoms with Crippen LogP contribution in [0.5, 0.6) is 5.75 Å². The fraction of sp³-hybridized carbons (Fsp3) is 0.500. The topological polar surface area (TPSA) is 49.8 Å². The van der Waals surface area contributed by atoms with Gasteiger partial charge in [-0.3, -0.25) is 0 Å². The Morgan fingerprint density at radius 3 is 2.68 bits per heavy atom. The summed E-state index contributed by atoms with van der Waals surface area (Å²) in [6, 6.07) is 5.81. The predicted octanol–water partition coefficient (Wildman–Crippen LogP) is 3.95. The van der Waals surface area contributed by atoms with Crippen LogP contribution in [0.2, 0.25) is 0 Å². The zero-order valence-electron chi connectivity index (χ0n) is 14.0. The molecule has 0 fully saturated rings. The third kappa shape index (κ3) is 3.11. The lowest BCUT2D eigenvalue weighted by molar-refractivity contribution is -0.145. The van der Waals surface area contributed by atoms with Crippen molar-refractivity contribution in [2.75, 3.05) is 11.9 Å². The number of carboxylic acids is 1. The molecule has 0 saturated heterocycles. The summed E-state index contributed by atoms with van der Waals surface area (Å²) in [5.41, 5.74) is 3.39. The second-order valence-electron chi connectivity index (χ2n) is 6.45. The summed E-state index contributed by atoms with van der Waals surface area (Å²) in [7, 11) is 2.07. The summed E-state index contributed by atoms with van der Waals surface area (Å²) < 4.78 is 5.67. The van der Waals surface area contributed by atoms with Gasteiger partial charge < -0.3 is 14.7 Å². The largest absolute Gasteiger partial charge is 0.479 e. The average molecular weight is 303 g/mol. The Balaban J connectivity index is 2.33. The summed E-state index contributed by atoms with van der Waals surface area (Å²) in [5, 5.41) is 9.22. The van der Waals surface area contributed by atoms with Crippen molar-refractivity contribution in [1.29, 1.82) is 0 Å². The maximum absolute atomic E-state index is 11.2. The number of hydrogen-bond donors (Lipinski definition) is 1. The van der Waals surface area contributed by atoms with Crippen LogP contribution in [0.15, 0.2) is 24.3 Å². The van der Waals surface area contributed by atoms with Crippen LogP contribution in [0, 0.1) is 0 Å². The van der Waals surface area contributed by atoms with Gasteiger partial charge in [0.05, 0.1) is 5.54 Å². The highest BCUT2D eigenvalue weighted by Crippen LogP contribution is 2.39. The van der Waals surface area contributed by atoms with Crippen molar-refractivity contribution in [2.45, 2.75) is 52.2 Å². The first-order chi connectivity index (χ1) is 10.3. The summed E-state index contributed by atoms with van der Waals surface area (Å²) in [6.45, 7) is 8.38. The molecule has 1 aromatic carbocycles. The number of fused-ring (bicyclic) bond motifs is 1. The van der Waals surface area contributed by atoms with Crippen molar-refractivity contribution in [3.63, 3.8) is 0 Å². The van der Waals surface area contributed by atoms with Gasteiger partial charge in [0.25, 0.3) is 0 Å². The Kier molecular flexibility index (Phi) is 4.50. The molecular weight excluding hydrogens is 278 g/mol. The first kappa shape index (κ1) is 16.4. The molecule has 120 valence electrons. The lowest BCUT2D eigenvalue weighted by atomic mass is 9.89. The Hall–Kier alpha value is -1.97. The number of carboxylic acid groups (broad SMARTS) is 1. The van der Waals surface area contributed by atoms with Gasteiger partial charge in [0, 0.05) is 18.3 Å². The SMILES string of the molecule is CCCC(Oc1ccc2c(c1)C(C)=CC(C)(C)N2C)C(=O)O. The van der Waals surface area contributed by atoms with E-state index in [2.05, 4.69) is 38.8 Å². The number of likely N-dealkylation sites (N-methyl/N-ethyl adjacent to an activating group) is 1. The van der Waals surface area contributed by atoms with Gasteiger partial charge in [-0.25, -0.2) is 4.79 Å². The predicted molar refractivity (Wildman–Crippen MR) is 89.5 cm³/mol. The van der Waals surface area contributed by atoms with Gasteiger partial charge in [-0.2, -0.15) is 0 Å². The Labute approximate surface area is 132 Å². The second kappa shape index (κ2) is 6.03. The average Bonchev–Trinajstić information content (AvgIpc) is 2.44. The summed E-state index contributed by atoms with van der Waals surface area (Å²) in [6.07, 6.45) is 2.72. The lowest BCUT2D eigenvalue weighted by Gasteiger charge is -2.40. The smallest absolute Gasteiger partial charge is 0.344 e. The maximum atomic E-state index is 11.2. The molecule has 1 aliphatic rings. The third-order valence-electron chi connectivity index (χ3n) is 4.29. The van der Waals surface area contributed by atoms with E-state index in [0.717, 1.165) is 17.7 Å². The molecule has 1 aliphatic heterocycles. The molecule has 0 amide bonds. The van der Waals surface area contributed by atoms with Crippen molar-refractivity contribution in [1.82, 2.24) is 0 Å². The molecule has 0 saturated carbocycles. The molecule has 0 aliphatic carbocycles. The molecule has 0 aromatic heterocycles. The van der Waals surface area contributed by atoms with Crippen LogP contribution in [0.3, 0.4) is 0 Å². The molecule has 4 heteroatoms. The molecule has 1 heterocycles. The number of anilines is 1. The number of benzene rings is 1. The molecule has 1 aromatic rings. The van der Waals surface area contributed by atoms with E-state index < -0.39 is 12.1 Å². The van der Waals surface area contributed by atoms with Crippen LogP contribution in [0.1, 0.15) is 46.1 Å². The first-order valence-electron chi connectivity index (χ1n) is 7.73. The van der Waals surface area contributed by atoms with Crippen LogP contribution < -0.4 is 9.64 Å². The van der Waals surface area contributed by atoms with Gasteiger partial charge in [-0.15, -0.1) is 0 Å². The Morgan fingerprint density at radius 2 is 2.09 bits per heavy atom. The number of carbonyl (C=O) groups is 1. The number of allylic oxidation sites excluding steroid dienone is 1. The van der Waals surface area contributed by atoms with E-state index in [-0.39, 0.29) is 5.54 Å². The maximum Gasteiger partial charge on any atom is 0.344 e. The van der Waals surface area contributed by atoms with E-state index in [1.807, 2.05) is 25.1 Å². The number of hydrogen-bond acceptors (Lipinski definition) is 3. The molecular formula is C18H25NO3. The van der Waals surface area contributed by atoms with Crippen molar-refractivity contribution < 1.29 is 14.6 Å². The highest BCUT2D eigenvalue weighted by Gasteiger charge is 2.29. The van der Waals surface area contributed by atoms with Crippen LogP contribution >= 0.6 is 0 Å². The normalized spacial score (nSPS) is 17.5. The molecule has 0 bridgehead atoms. The summed E-state index contributed by atoms with van der Waals surface area (Å²) in [5.74, 6) is -0.300. The number of rotatable bonds is 5.